The number of fused-ring (bicyclic) bond motifs is 1. The number of amides is 1. The summed E-state index contributed by atoms with van der Waals surface area (Å²) < 4.78 is 5.73. The molecular formula is C30H25NO4. The van der Waals surface area contributed by atoms with Gasteiger partial charge in [0.2, 0.25) is 0 Å². The largest absolute Gasteiger partial charge is 0.507 e. The van der Waals surface area contributed by atoms with Gasteiger partial charge < -0.3 is 9.84 Å². The van der Waals surface area contributed by atoms with Crippen molar-refractivity contribution in [1.82, 2.24) is 0 Å². The molecule has 5 nitrogen and oxygen atoms in total. The first-order chi connectivity index (χ1) is 17.0. The fourth-order valence-corrected chi connectivity index (χ4v) is 4.58. The molecule has 0 spiro atoms. The second-order valence-corrected chi connectivity index (χ2v) is 8.77. The number of hydrogen-bond donors (Lipinski definition) is 1. The molecule has 1 unspecified atom stereocenters. The number of rotatable bonds is 5. The molecule has 5 heteroatoms. The van der Waals surface area contributed by atoms with Crippen molar-refractivity contribution >= 4 is 33.9 Å². The smallest absolute Gasteiger partial charge is 0.300 e. The lowest BCUT2D eigenvalue weighted by molar-refractivity contribution is -0.132. The van der Waals surface area contributed by atoms with E-state index >= 15 is 0 Å². The number of ether oxygens (including phenoxy) is 1. The van der Waals surface area contributed by atoms with Crippen LogP contribution in [0.3, 0.4) is 0 Å². The third-order valence-electron chi connectivity index (χ3n) is 6.09. The summed E-state index contributed by atoms with van der Waals surface area (Å²) in [6.45, 7) is 3.88. The van der Waals surface area contributed by atoms with Crippen LogP contribution >= 0.6 is 0 Å². The molecule has 174 valence electrons. The average Bonchev–Trinajstić information content (AvgIpc) is 3.14. The van der Waals surface area contributed by atoms with Crippen molar-refractivity contribution in [2.45, 2.75) is 26.0 Å². The SMILES string of the molecule is CC(C)Oc1ccc(N2C(=O)C(=O)/C(=C(\O)c3cccc4ccccc34)C2c2ccccc2)cc1. The van der Waals surface area contributed by atoms with Gasteiger partial charge in [0.25, 0.3) is 11.7 Å². The monoisotopic (exact) mass is 463 g/mol. The first-order valence-corrected chi connectivity index (χ1v) is 11.6. The third kappa shape index (κ3) is 4.06. The Morgan fingerprint density at radius 3 is 2.20 bits per heavy atom. The van der Waals surface area contributed by atoms with Crippen LogP contribution in [0.2, 0.25) is 0 Å². The quantitative estimate of drug-likeness (QED) is 0.216. The highest BCUT2D eigenvalue weighted by atomic mass is 16.5. The van der Waals surface area contributed by atoms with Gasteiger partial charge in [-0.3, -0.25) is 14.5 Å². The van der Waals surface area contributed by atoms with Crippen molar-refractivity contribution in [2.75, 3.05) is 4.90 Å². The Kier molecular flexibility index (Phi) is 5.83. The van der Waals surface area contributed by atoms with Crippen molar-refractivity contribution in [3.8, 4) is 5.75 Å². The van der Waals surface area contributed by atoms with E-state index in [-0.39, 0.29) is 17.4 Å². The van der Waals surface area contributed by atoms with Crippen LogP contribution in [0.1, 0.15) is 31.0 Å². The summed E-state index contributed by atoms with van der Waals surface area (Å²) in [7, 11) is 0. The van der Waals surface area contributed by atoms with Crippen molar-refractivity contribution < 1.29 is 19.4 Å². The molecule has 1 fully saturated rings. The molecule has 1 atom stereocenters. The fourth-order valence-electron chi connectivity index (χ4n) is 4.58. The maximum Gasteiger partial charge on any atom is 0.300 e. The van der Waals surface area contributed by atoms with E-state index in [2.05, 4.69) is 0 Å². The van der Waals surface area contributed by atoms with Crippen molar-refractivity contribution in [2.24, 2.45) is 0 Å². The van der Waals surface area contributed by atoms with Crippen molar-refractivity contribution in [3.05, 3.63) is 114 Å². The molecular weight excluding hydrogens is 438 g/mol. The summed E-state index contributed by atoms with van der Waals surface area (Å²) in [6.07, 6.45) is 0.0140. The van der Waals surface area contributed by atoms with Crippen LogP contribution in [0.15, 0.2) is 103 Å². The van der Waals surface area contributed by atoms with Crippen LogP contribution in [-0.2, 0) is 9.59 Å². The van der Waals surface area contributed by atoms with Gasteiger partial charge in [0.15, 0.2) is 0 Å². The Morgan fingerprint density at radius 1 is 0.829 bits per heavy atom. The molecule has 1 N–H and O–H groups in total. The van der Waals surface area contributed by atoms with E-state index in [1.165, 1.54) is 4.90 Å². The molecule has 0 aromatic heterocycles. The number of benzene rings is 4. The lowest BCUT2D eigenvalue weighted by Gasteiger charge is -2.25. The van der Waals surface area contributed by atoms with Crippen LogP contribution < -0.4 is 9.64 Å². The Morgan fingerprint density at radius 2 is 1.49 bits per heavy atom. The van der Waals surface area contributed by atoms with E-state index in [9.17, 15) is 14.7 Å². The highest BCUT2D eigenvalue weighted by molar-refractivity contribution is 6.51. The topological polar surface area (TPSA) is 66.8 Å². The fraction of sp³-hybridized carbons (Fsp3) is 0.133. The van der Waals surface area contributed by atoms with Crippen LogP contribution in [0.25, 0.3) is 16.5 Å². The Balaban J connectivity index is 1.69. The molecule has 4 aromatic rings. The van der Waals surface area contributed by atoms with Crippen LogP contribution in [0.4, 0.5) is 5.69 Å². The Labute approximate surface area is 203 Å². The van der Waals surface area contributed by atoms with Gasteiger partial charge in [0, 0.05) is 11.3 Å². The lowest BCUT2D eigenvalue weighted by atomic mass is 9.93. The molecule has 0 aliphatic carbocycles. The van der Waals surface area contributed by atoms with Crippen molar-refractivity contribution in [3.63, 3.8) is 0 Å². The standard InChI is InChI=1S/C30H25NO4/c1-19(2)35-23-17-15-22(16-18-23)31-27(21-10-4-3-5-11-21)26(29(33)30(31)34)28(32)25-14-8-12-20-9-6-7-13-24(20)25/h3-19,27,32H,1-2H3/b28-26-. The maximum atomic E-state index is 13.4. The van der Waals surface area contributed by atoms with Gasteiger partial charge in [-0.05, 0) is 54.4 Å². The minimum Gasteiger partial charge on any atom is -0.507 e. The molecule has 0 bridgehead atoms. The number of aliphatic hydroxyl groups excluding tert-OH is 1. The minimum absolute atomic E-state index is 0.0140. The average molecular weight is 464 g/mol. The number of anilines is 1. The number of aliphatic hydroxyl groups is 1. The summed E-state index contributed by atoms with van der Waals surface area (Å²) in [5, 5.41) is 13.2. The number of carbonyl (C=O) groups is 2. The summed E-state index contributed by atoms with van der Waals surface area (Å²) >= 11 is 0. The van der Waals surface area contributed by atoms with Gasteiger partial charge in [-0.2, -0.15) is 0 Å². The number of nitrogens with zero attached hydrogens (tertiary/aromatic N) is 1. The number of carbonyl (C=O) groups excluding carboxylic acids is 2. The Bertz CT molecular complexity index is 1430. The highest BCUT2D eigenvalue weighted by Gasteiger charge is 2.47. The number of Topliss-reactive ketones (excluding diaryl/α,β-unsaturated/α-hetero) is 1. The predicted octanol–water partition coefficient (Wildman–Crippen LogP) is 6.25. The van der Waals surface area contributed by atoms with Gasteiger partial charge in [0.1, 0.15) is 11.5 Å². The minimum atomic E-state index is -0.771. The van der Waals surface area contributed by atoms with Gasteiger partial charge in [0.05, 0.1) is 17.7 Å². The molecule has 5 rings (SSSR count). The van der Waals surface area contributed by atoms with Crippen LogP contribution in [-0.4, -0.2) is 22.9 Å². The predicted molar refractivity (Wildman–Crippen MR) is 137 cm³/mol. The summed E-state index contributed by atoms with van der Waals surface area (Å²) in [5.41, 5.74) is 1.87. The second-order valence-electron chi connectivity index (χ2n) is 8.77. The first kappa shape index (κ1) is 22.4. The van der Waals surface area contributed by atoms with Gasteiger partial charge >= 0.3 is 0 Å². The van der Waals surface area contributed by atoms with E-state index in [1.807, 2.05) is 80.6 Å². The zero-order valence-electron chi connectivity index (χ0n) is 19.5. The molecule has 0 radical (unpaired) electrons. The highest BCUT2D eigenvalue weighted by Crippen LogP contribution is 2.43. The molecule has 4 aromatic carbocycles. The first-order valence-electron chi connectivity index (χ1n) is 11.6. The number of hydrogen-bond acceptors (Lipinski definition) is 4. The maximum absolute atomic E-state index is 13.4. The zero-order valence-corrected chi connectivity index (χ0v) is 19.5. The summed E-state index contributed by atoms with van der Waals surface area (Å²) in [5.74, 6) is -0.909. The number of ketones is 1. The van der Waals surface area contributed by atoms with E-state index in [0.29, 0.717) is 17.0 Å². The van der Waals surface area contributed by atoms with Crippen molar-refractivity contribution in [1.29, 1.82) is 0 Å². The molecule has 1 saturated heterocycles. The van der Waals surface area contributed by atoms with Gasteiger partial charge in [-0.15, -0.1) is 0 Å². The lowest BCUT2D eigenvalue weighted by Crippen LogP contribution is -2.29. The summed E-state index contributed by atoms with van der Waals surface area (Å²) in [6, 6.07) is 28.8. The van der Waals surface area contributed by atoms with Gasteiger partial charge in [-0.1, -0.05) is 72.8 Å². The van der Waals surface area contributed by atoms with E-state index in [0.717, 1.165) is 16.3 Å². The summed E-state index contributed by atoms with van der Waals surface area (Å²) in [4.78, 5) is 28.2. The van der Waals surface area contributed by atoms with E-state index in [1.54, 1.807) is 30.3 Å². The van der Waals surface area contributed by atoms with Crippen LogP contribution in [0.5, 0.6) is 5.75 Å². The van der Waals surface area contributed by atoms with Gasteiger partial charge in [-0.25, -0.2) is 0 Å². The third-order valence-corrected chi connectivity index (χ3v) is 6.09. The normalized spacial score (nSPS) is 17.3. The molecule has 1 heterocycles. The molecule has 1 aliphatic heterocycles. The van der Waals surface area contributed by atoms with E-state index in [4.69, 9.17) is 4.74 Å². The molecule has 1 amide bonds. The molecule has 1 aliphatic rings. The van der Waals surface area contributed by atoms with E-state index < -0.39 is 17.7 Å². The molecule has 35 heavy (non-hydrogen) atoms. The van der Waals surface area contributed by atoms with Crippen LogP contribution in [0, 0.1) is 0 Å². The zero-order chi connectivity index (χ0) is 24.5. The molecule has 0 saturated carbocycles. The second kappa shape index (κ2) is 9.11. The Hall–Kier alpha value is -4.38.